The number of para-hydroxylation sites is 1. The lowest BCUT2D eigenvalue weighted by Crippen LogP contribution is -2.29. The first kappa shape index (κ1) is 23.8. The number of ketones is 1. The topological polar surface area (TPSA) is 89.0 Å². The second kappa shape index (κ2) is 9.99. The van der Waals surface area contributed by atoms with Crippen molar-refractivity contribution >= 4 is 23.1 Å². The van der Waals surface area contributed by atoms with Gasteiger partial charge in [0.1, 0.15) is 23.0 Å². The molecule has 5 rings (SSSR count). The molecule has 1 aliphatic rings. The van der Waals surface area contributed by atoms with Crippen LogP contribution in [0, 0.1) is 6.92 Å². The molecule has 7 heteroatoms. The van der Waals surface area contributed by atoms with Crippen LogP contribution in [0.25, 0.3) is 5.76 Å². The summed E-state index contributed by atoms with van der Waals surface area (Å²) < 4.78 is 11.3. The van der Waals surface area contributed by atoms with Crippen molar-refractivity contribution in [3.05, 3.63) is 120 Å². The Morgan fingerprint density at radius 1 is 0.919 bits per heavy atom. The summed E-state index contributed by atoms with van der Waals surface area (Å²) in [7, 11) is 1.48. The number of aliphatic hydroxyl groups excluding tert-OH is 1. The van der Waals surface area contributed by atoms with Crippen LogP contribution in [0.15, 0.2) is 103 Å². The fourth-order valence-corrected chi connectivity index (χ4v) is 4.43. The molecule has 1 unspecified atom stereocenters. The lowest BCUT2D eigenvalue weighted by Gasteiger charge is -2.25. The first-order valence-corrected chi connectivity index (χ1v) is 11.7. The van der Waals surface area contributed by atoms with Gasteiger partial charge in [0.25, 0.3) is 11.7 Å². The lowest BCUT2D eigenvalue weighted by atomic mass is 9.96. The van der Waals surface area contributed by atoms with Crippen molar-refractivity contribution in [2.45, 2.75) is 13.0 Å². The van der Waals surface area contributed by atoms with E-state index in [-0.39, 0.29) is 11.3 Å². The standard InChI is InChI=1S/C30H24N2O5/c1-19-7-5-9-23(17-19)37-22-14-12-21(13-15-22)32-27(20-8-6-16-31-18-20)26(29(34)30(32)35)28(33)24-10-3-4-11-25(24)36-2/h3-18,27,33H,1-2H3/b28-26-. The molecule has 0 aliphatic carbocycles. The summed E-state index contributed by atoms with van der Waals surface area (Å²) in [5.74, 6) is -0.200. The number of aliphatic hydroxyl groups is 1. The number of carbonyl (C=O) groups excluding carboxylic acids is 2. The third kappa shape index (κ3) is 4.54. The van der Waals surface area contributed by atoms with Gasteiger partial charge in [-0.25, -0.2) is 0 Å². The van der Waals surface area contributed by atoms with Gasteiger partial charge < -0.3 is 14.6 Å². The predicted octanol–water partition coefficient (Wildman–Crippen LogP) is 5.82. The summed E-state index contributed by atoms with van der Waals surface area (Å²) in [6.07, 6.45) is 3.18. The molecule has 0 radical (unpaired) electrons. The average molecular weight is 493 g/mol. The van der Waals surface area contributed by atoms with Crippen LogP contribution in [0.3, 0.4) is 0 Å². The highest BCUT2D eigenvalue weighted by molar-refractivity contribution is 6.51. The second-order valence-corrected chi connectivity index (χ2v) is 8.57. The Kier molecular flexibility index (Phi) is 6.43. The first-order valence-electron chi connectivity index (χ1n) is 11.7. The number of Topliss-reactive ketones (excluding diaryl/α,β-unsaturated/α-hetero) is 1. The number of amides is 1. The van der Waals surface area contributed by atoms with Gasteiger partial charge in [0, 0.05) is 18.1 Å². The van der Waals surface area contributed by atoms with Crippen molar-refractivity contribution in [2.24, 2.45) is 0 Å². The highest BCUT2D eigenvalue weighted by Gasteiger charge is 2.47. The molecule has 0 spiro atoms. The molecule has 1 saturated heterocycles. The smallest absolute Gasteiger partial charge is 0.300 e. The summed E-state index contributed by atoms with van der Waals surface area (Å²) in [5, 5.41) is 11.3. The van der Waals surface area contributed by atoms with Crippen molar-refractivity contribution in [2.75, 3.05) is 12.0 Å². The summed E-state index contributed by atoms with van der Waals surface area (Å²) in [5.41, 5.74) is 2.41. The first-order chi connectivity index (χ1) is 18.0. The highest BCUT2D eigenvalue weighted by atomic mass is 16.5. The molecular weight excluding hydrogens is 468 g/mol. The number of anilines is 1. The van der Waals surface area contributed by atoms with E-state index >= 15 is 0 Å². The van der Waals surface area contributed by atoms with Gasteiger partial charge in [-0.1, -0.05) is 30.3 Å². The summed E-state index contributed by atoms with van der Waals surface area (Å²) in [6, 6.07) is 24.0. The van der Waals surface area contributed by atoms with Gasteiger partial charge in [-0.2, -0.15) is 0 Å². The molecule has 1 aliphatic heterocycles. The molecule has 1 N–H and O–H groups in total. The average Bonchev–Trinajstić information content (AvgIpc) is 3.19. The van der Waals surface area contributed by atoms with Crippen molar-refractivity contribution in [1.82, 2.24) is 4.98 Å². The van der Waals surface area contributed by atoms with E-state index in [4.69, 9.17) is 9.47 Å². The number of hydrogen-bond donors (Lipinski definition) is 1. The molecule has 7 nitrogen and oxygen atoms in total. The molecule has 1 amide bonds. The van der Waals surface area contributed by atoms with Gasteiger partial charge in [0.2, 0.25) is 0 Å². The van der Waals surface area contributed by atoms with E-state index in [1.54, 1.807) is 73.1 Å². The molecule has 1 aromatic heterocycles. The number of aromatic nitrogens is 1. The van der Waals surface area contributed by atoms with Crippen LogP contribution in [0.2, 0.25) is 0 Å². The minimum absolute atomic E-state index is 0.0393. The van der Waals surface area contributed by atoms with Gasteiger partial charge in [-0.15, -0.1) is 0 Å². The van der Waals surface area contributed by atoms with E-state index in [1.807, 2.05) is 31.2 Å². The SMILES string of the molecule is COc1ccccc1/C(O)=C1/C(=O)C(=O)N(c2ccc(Oc3cccc(C)c3)cc2)C1c1cccnc1. The van der Waals surface area contributed by atoms with Crippen LogP contribution < -0.4 is 14.4 Å². The largest absolute Gasteiger partial charge is 0.507 e. The zero-order valence-corrected chi connectivity index (χ0v) is 20.3. The van der Waals surface area contributed by atoms with Gasteiger partial charge >= 0.3 is 0 Å². The van der Waals surface area contributed by atoms with Crippen molar-refractivity contribution in [1.29, 1.82) is 0 Å². The summed E-state index contributed by atoms with van der Waals surface area (Å²) >= 11 is 0. The number of pyridine rings is 1. The maximum absolute atomic E-state index is 13.4. The number of aryl methyl sites for hydroxylation is 1. The molecule has 37 heavy (non-hydrogen) atoms. The Balaban J connectivity index is 1.58. The number of benzene rings is 3. The monoisotopic (exact) mass is 492 g/mol. The third-order valence-electron chi connectivity index (χ3n) is 6.15. The fraction of sp³-hybridized carbons (Fsp3) is 0.100. The minimum atomic E-state index is -0.887. The lowest BCUT2D eigenvalue weighted by molar-refractivity contribution is -0.132. The van der Waals surface area contributed by atoms with E-state index in [0.29, 0.717) is 34.1 Å². The number of carbonyl (C=O) groups is 2. The number of methoxy groups -OCH3 is 1. The molecule has 0 saturated carbocycles. The van der Waals surface area contributed by atoms with E-state index in [0.717, 1.165) is 5.56 Å². The Morgan fingerprint density at radius 3 is 2.41 bits per heavy atom. The zero-order valence-electron chi connectivity index (χ0n) is 20.3. The molecule has 1 fully saturated rings. The zero-order chi connectivity index (χ0) is 25.9. The van der Waals surface area contributed by atoms with Crippen LogP contribution in [0.4, 0.5) is 5.69 Å². The molecule has 3 aromatic carbocycles. The van der Waals surface area contributed by atoms with E-state index in [1.165, 1.54) is 12.0 Å². The Bertz CT molecular complexity index is 1500. The second-order valence-electron chi connectivity index (χ2n) is 8.57. The number of hydrogen-bond acceptors (Lipinski definition) is 6. The van der Waals surface area contributed by atoms with Crippen LogP contribution >= 0.6 is 0 Å². The summed E-state index contributed by atoms with van der Waals surface area (Å²) in [4.78, 5) is 32.2. The quantitative estimate of drug-likeness (QED) is 0.207. The van der Waals surface area contributed by atoms with Gasteiger partial charge in [-0.3, -0.25) is 19.5 Å². The maximum Gasteiger partial charge on any atom is 0.300 e. The molecule has 2 heterocycles. The van der Waals surface area contributed by atoms with Crippen LogP contribution in [-0.2, 0) is 9.59 Å². The Labute approximate surface area is 214 Å². The number of ether oxygens (including phenoxy) is 2. The number of nitrogens with zero attached hydrogens (tertiary/aromatic N) is 2. The van der Waals surface area contributed by atoms with E-state index in [9.17, 15) is 14.7 Å². The Hall–Kier alpha value is -4.91. The van der Waals surface area contributed by atoms with Gasteiger partial charge in [0.05, 0.1) is 24.3 Å². The van der Waals surface area contributed by atoms with Crippen molar-refractivity contribution in [3.8, 4) is 17.2 Å². The van der Waals surface area contributed by atoms with Crippen LogP contribution in [0.1, 0.15) is 22.7 Å². The van der Waals surface area contributed by atoms with Gasteiger partial charge in [-0.05, 0) is 72.6 Å². The normalized spacial score (nSPS) is 16.6. The van der Waals surface area contributed by atoms with Gasteiger partial charge in [0.15, 0.2) is 0 Å². The van der Waals surface area contributed by atoms with E-state index < -0.39 is 17.7 Å². The predicted molar refractivity (Wildman–Crippen MR) is 140 cm³/mol. The minimum Gasteiger partial charge on any atom is -0.507 e. The fourth-order valence-electron chi connectivity index (χ4n) is 4.43. The Morgan fingerprint density at radius 2 is 1.70 bits per heavy atom. The van der Waals surface area contributed by atoms with Crippen molar-refractivity contribution in [3.63, 3.8) is 0 Å². The third-order valence-corrected chi connectivity index (χ3v) is 6.15. The highest BCUT2D eigenvalue weighted by Crippen LogP contribution is 2.43. The molecule has 0 bridgehead atoms. The number of rotatable bonds is 6. The van der Waals surface area contributed by atoms with Crippen LogP contribution in [0.5, 0.6) is 17.2 Å². The maximum atomic E-state index is 13.4. The van der Waals surface area contributed by atoms with Crippen LogP contribution in [-0.4, -0.2) is 28.9 Å². The molecule has 184 valence electrons. The molecule has 4 aromatic rings. The van der Waals surface area contributed by atoms with E-state index in [2.05, 4.69) is 4.98 Å². The molecular formula is C30H24N2O5. The summed E-state index contributed by atoms with van der Waals surface area (Å²) in [6.45, 7) is 1.98. The van der Waals surface area contributed by atoms with Crippen molar-refractivity contribution < 1.29 is 24.2 Å². The molecule has 1 atom stereocenters.